The second kappa shape index (κ2) is 7.46. The summed E-state index contributed by atoms with van der Waals surface area (Å²) in [5, 5.41) is 3.10. The van der Waals surface area contributed by atoms with Gasteiger partial charge in [0.15, 0.2) is 0 Å². The first-order valence-electron chi connectivity index (χ1n) is 7.27. The molecule has 1 aromatic carbocycles. The van der Waals surface area contributed by atoms with Gasteiger partial charge in [-0.25, -0.2) is 22.6 Å². The summed E-state index contributed by atoms with van der Waals surface area (Å²) in [7, 11) is -3.33. The van der Waals surface area contributed by atoms with E-state index in [9.17, 15) is 39.6 Å². The number of nitrogens with one attached hydrogen (secondary N) is 1. The molecule has 0 aliphatic carbocycles. The molecule has 28 heavy (non-hydrogen) atoms. The van der Waals surface area contributed by atoms with Crippen LogP contribution in [-0.4, -0.2) is 35.7 Å². The molecule has 15 heteroatoms. The molecular formula is C13H12F6N4O4S. The topological polar surface area (TPSA) is 95.2 Å². The molecule has 2 rings (SSSR count). The van der Waals surface area contributed by atoms with Crippen LogP contribution in [0.1, 0.15) is 5.82 Å². The molecule has 0 radical (unpaired) electrons. The van der Waals surface area contributed by atoms with Crippen LogP contribution in [0.25, 0.3) is 0 Å². The quantitative estimate of drug-likeness (QED) is 0.695. The Bertz CT molecular complexity index is 992. The van der Waals surface area contributed by atoms with Gasteiger partial charge in [-0.3, -0.25) is 4.57 Å². The van der Waals surface area contributed by atoms with E-state index in [0.717, 1.165) is 31.3 Å². The van der Waals surface area contributed by atoms with Crippen molar-refractivity contribution in [2.24, 2.45) is 7.05 Å². The van der Waals surface area contributed by atoms with Crippen LogP contribution in [0.3, 0.4) is 0 Å². The van der Waals surface area contributed by atoms with E-state index in [4.69, 9.17) is 0 Å². The van der Waals surface area contributed by atoms with Crippen molar-refractivity contribution < 1.29 is 39.5 Å². The van der Waals surface area contributed by atoms with E-state index < -0.39 is 57.8 Å². The first-order chi connectivity index (χ1) is 12.7. The molecule has 0 saturated carbocycles. The summed E-state index contributed by atoms with van der Waals surface area (Å²) in [6, 6.07) is 3.25. The van der Waals surface area contributed by atoms with Gasteiger partial charge in [-0.1, -0.05) is 0 Å². The van der Waals surface area contributed by atoms with Gasteiger partial charge in [0.05, 0.1) is 11.4 Å². The lowest BCUT2D eigenvalue weighted by molar-refractivity contribution is -0.274. The first kappa shape index (κ1) is 21.7. The highest BCUT2D eigenvalue weighted by Crippen LogP contribution is 2.26. The van der Waals surface area contributed by atoms with Gasteiger partial charge in [0.25, 0.3) is 0 Å². The van der Waals surface area contributed by atoms with Crippen LogP contribution >= 0.6 is 0 Å². The molecule has 8 nitrogen and oxygen atoms in total. The van der Waals surface area contributed by atoms with Gasteiger partial charge in [0.2, 0.25) is 15.8 Å². The number of nitrogens with zero attached hydrogens (tertiary/aromatic N) is 3. The Morgan fingerprint density at radius 3 is 2.14 bits per heavy atom. The molecular weight excluding hydrogens is 422 g/mol. The maximum Gasteiger partial charge on any atom is 0.573 e. The number of aromatic nitrogens is 3. The summed E-state index contributed by atoms with van der Waals surface area (Å²) in [4.78, 5) is 11.3. The molecule has 0 atom stereocenters. The van der Waals surface area contributed by atoms with Gasteiger partial charge in [-0.2, -0.15) is 13.2 Å². The molecule has 0 bridgehead atoms. The first-order valence-corrected chi connectivity index (χ1v) is 8.75. The third kappa shape index (κ3) is 5.25. The minimum Gasteiger partial charge on any atom is -0.406 e. The molecule has 0 saturated heterocycles. The number of rotatable bonds is 6. The molecule has 1 heterocycles. The van der Waals surface area contributed by atoms with Gasteiger partial charge < -0.3 is 4.74 Å². The van der Waals surface area contributed by atoms with Crippen LogP contribution in [0.4, 0.5) is 26.3 Å². The van der Waals surface area contributed by atoms with Crippen LogP contribution in [0.5, 0.6) is 5.75 Å². The van der Waals surface area contributed by atoms with Crippen molar-refractivity contribution in [2.45, 2.75) is 24.0 Å². The molecule has 2 aromatic rings. The predicted octanol–water partition coefficient (Wildman–Crippen LogP) is 1.48. The summed E-state index contributed by atoms with van der Waals surface area (Å²) >= 11 is 0. The van der Waals surface area contributed by atoms with Crippen molar-refractivity contribution in [3.63, 3.8) is 0 Å². The van der Waals surface area contributed by atoms with Gasteiger partial charge in [0.1, 0.15) is 5.75 Å². The summed E-state index contributed by atoms with van der Waals surface area (Å²) in [6.07, 6.45) is -9.80. The second-order valence-corrected chi connectivity index (χ2v) is 7.07. The number of sulfonamides is 1. The molecule has 0 aliphatic heterocycles. The summed E-state index contributed by atoms with van der Waals surface area (Å²) in [5.74, 6) is -2.08. The highest BCUT2D eigenvalue weighted by molar-refractivity contribution is 7.89. The summed E-state index contributed by atoms with van der Waals surface area (Å²) in [5.41, 5.74) is -1.10. The third-order valence-corrected chi connectivity index (χ3v) is 4.75. The molecule has 156 valence electrons. The number of halogens is 6. The van der Waals surface area contributed by atoms with E-state index >= 15 is 0 Å². The maximum atomic E-state index is 12.7. The van der Waals surface area contributed by atoms with E-state index in [0.29, 0.717) is 4.68 Å². The molecule has 0 amide bonds. The Morgan fingerprint density at radius 2 is 1.68 bits per heavy atom. The minimum absolute atomic E-state index is 0.272. The number of hydrogen-bond acceptors (Lipinski definition) is 5. The zero-order chi connectivity index (χ0) is 21.3. The Morgan fingerprint density at radius 1 is 1.11 bits per heavy atom. The Balaban J connectivity index is 2.06. The fraction of sp³-hybridized carbons (Fsp3) is 0.385. The molecule has 1 aromatic heterocycles. The largest absolute Gasteiger partial charge is 0.573 e. The normalized spacial score (nSPS) is 13.0. The van der Waals surface area contributed by atoms with E-state index in [-0.39, 0.29) is 4.57 Å². The van der Waals surface area contributed by atoms with Crippen LogP contribution in [0.2, 0.25) is 0 Å². The van der Waals surface area contributed by atoms with Crippen molar-refractivity contribution in [3.8, 4) is 5.75 Å². The average Bonchev–Trinajstić information content (AvgIpc) is 2.82. The van der Waals surface area contributed by atoms with Crippen molar-refractivity contribution in [2.75, 3.05) is 6.54 Å². The molecule has 0 aliphatic rings. The number of ether oxygens (including phenoxy) is 1. The number of alkyl halides is 6. The van der Waals surface area contributed by atoms with Crippen LogP contribution < -0.4 is 15.1 Å². The maximum absolute atomic E-state index is 12.7. The number of benzene rings is 1. The average molecular weight is 434 g/mol. The fourth-order valence-electron chi connectivity index (χ4n) is 2.07. The van der Waals surface area contributed by atoms with E-state index in [1.165, 1.54) is 0 Å². The lowest BCUT2D eigenvalue weighted by atomic mass is 10.3. The highest BCUT2D eigenvalue weighted by Gasteiger charge is 2.38. The summed E-state index contributed by atoms with van der Waals surface area (Å²) < 4.78 is 105. The highest BCUT2D eigenvalue weighted by atomic mass is 32.2. The lowest BCUT2D eigenvalue weighted by Crippen LogP contribution is -2.31. The molecule has 1 N–H and O–H groups in total. The lowest BCUT2D eigenvalue weighted by Gasteiger charge is -2.10. The molecule has 0 fully saturated rings. The van der Waals surface area contributed by atoms with E-state index in [1.54, 1.807) is 0 Å². The Kier molecular flexibility index (Phi) is 5.79. The smallest absolute Gasteiger partial charge is 0.406 e. The van der Waals surface area contributed by atoms with Crippen molar-refractivity contribution >= 4 is 10.0 Å². The van der Waals surface area contributed by atoms with Crippen molar-refractivity contribution in [1.29, 1.82) is 0 Å². The monoisotopic (exact) mass is 434 g/mol. The molecule has 0 spiro atoms. The van der Waals surface area contributed by atoms with Gasteiger partial charge >= 0.3 is 18.2 Å². The van der Waals surface area contributed by atoms with Crippen LogP contribution in [-0.2, 0) is 29.8 Å². The third-order valence-electron chi connectivity index (χ3n) is 3.28. The standard InChI is InChI=1S/C13H12F6N4O4S/c1-22-10(12(14,15)16)21-23(11(22)24)7-6-20-28(25,26)9-4-2-8(3-5-9)27-13(17,18)19/h2-5,20H,6-7H2,1H3. The van der Waals surface area contributed by atoms with Gasteiger partial charge in [-0.05, 0) is 24.3 Å². The Labute approximate surface area is 153 Å². The van der Waals surface area contributed by atoms with Crippen LogP contribution in [0.15, 0.2) is 34.0 Å². The minimum atomic E-state index is -4.94. The van der Waals surface area contributed by atoms with Crippen molar-refractivity contribution in [1.82, 2.24) is 19.1 Å². The van der Waals surface area contributed by atoms with Gasteiger partial charge in [0, 0.05) is 13.6 Å². The Hall–Kier alpha value is -2.55. The zero-order valence-electron chi connectivity index (χ0n) is 13.9. The van der Waals surface area contributed by atoms with Crippen molar-refractivity contribution in [3.05, 3.63) is 40.6 Å². The molecule has 0 unspecified atom stereocenters. The second-order valence-electron chi connectivity index (χ2n) is 5.30. The van der Waals surface area contributed by atoms with Crippen LogP contribution in [0, 0.1) is 0 Å². The van der Waals surface area contributed by atoms with E-state index in [2.05, 4.69) is 9.84 Å². The number of hydrogen-bond donors (Lipinski definition) is 1. The summed E-state index contributed by atoms with van der Waals surface area (Å²) in [6.45, 7) is -0.991. The van der Waals surface area contributed by atoms with E-state index in [1.807, 2.05) is 4.72 Å². The fourth-order valence-corrected chi connectivity index (χ4v) is 3.09. The zero-order valence-corrected chi connectivity index (χ0v) is 14.7. The predicted molar refractivity (Wildman–Crippen MR) is 80.8 cm³/mol. The SMILES string of the molecule is Cn1c(C(F)(F)F)nn(CCNS(=O)(=O)c2ccc(OC(F)(F)F)cc2)c1=O. The van der Waals surface area contributed by atoms with Gasteiger partial charge in [-0.15, -0.1) is 18.3 Å².